The van der Waals surface area contributed by atoms with E-state index < -0.39 is 0 Å². The van der Waals surface area contributed by atoms with Crippen LogP contribution in [-0.4, -0.2) is 5.91 Å². The number of carbonyl (C=O) groups is 1. The lowest BCUT2D eigenvalue weighted by atomic mass is 10.0. The molecule has 0 saturated carbocycles. The first-order valence-corrected chi connectivity index (χ1v) is 7.50. The van der Waals surface area contributed by atoms with E-state index in [4.69, 9.17) is 0 Å². The number of nitrogens with one attached hydrogen (secondary N) is 1. The van der Waals surface area contributed by atoms with E-state index >= 15 is 0 Å². The fourth-order valence-electron chi connectivity index (χ4n) is 2.36. The minimum atomic E-state index is 0.0753. The highest BCUT2D eigenvalue weighted by Gasteiger charge is 2.12. The first-order valence-electron chi connectivity index (χ1n) is 7.50. The van der Waals surface area contributed by atoms with E-state index in [-0.39, 0.29) is 11.9 Å². The molecule has 2 heteroatoms. The van der Waals surface area contributed by atoms with Gasteiger partial charge in [0.25, 0.3) is 0 Å². The van der Waals surface area contributed by atoms with Gasteiger partial charge in [0.2, 0.25) is 5.91 Å². The fourth-order valence-corrected chi connectivity index (χ4v) is 2.36. The zero-order valence-corrected chi connectivity index (χ0v) is 13.0. The second kappa shape index (κ2) is 7.07. The lowest BCUT2D eigenvalue weighted by Gasteiger charge is -2.18. The molecule has 1 amide bonds. The number of rotatable bonds is 5. The first-order chi connectivity index (χ1) is 10.1. The summed E-state index contributed by atoms with van der Waals surface area (Å²) in [5.41, 5.74) is 4.67. The molecule has 0 aliphatic carbocycles. The third-order valence-electron chi connectivity index (χ3n) is 3.71. The summed E-state index contributed by atoms with van der Waals surface area (Å²) in [6, 6.07) is 16.6. The van der Waals surface area contributed by atoms with Gasteiger partial charge in [0.15, 0.2) is 0 Å². The maximum absolute atomic E-state index is 12.2. The van der Waals surface area contributed by atoms with Gasteiger partial charge in [-0.25, -0.2) is 0 Å². The molecule has 0 spiro atoms. The monoisotopic (exact) mass is 281 g/mol. The summed E-state index contributed by atoms with van der Waals surface area (Å²) in [6.45, 7) is 6.21. The van der Waals surface area contributed by atoms with Gasteiger partial charge in [-0.3, -0.25) is 4.79 Å². The van der Waals surface area contributed by atoms with E-state index in [1.807, 2.05) is 31.2 Å². The van der Waals surface area contributed by atoms with Crippen LogP contribution < -0.4 is 5.32 Å². The van der Waals surface area contributed by atoms with E-state index in [0.29, 0.717) is 6.42 Å². The van der Waals surface area contributed by atoms with Crippen LogP contribution in [0.3, 0.4) is 0 Å². The lowest BCUT2D eigenvalue weighted by Crippen LogP contribution is -2.29. The molecular weight excluding hydrogens is 258 g/mol. The molecule has 0 radical (unpaired) electrons. The van der Waals surface area contributed by atoms with Crippen LogP contribution in [0.4, 0.5) is 0 Å². The number of benzene rings is 2. The first kappa shape index (κ1) is 15.3. The van der Waals surface area contributed by atoms with Crippen molar-refractivity contribution in [1.29, 1.82) is 0 Å². The Morgan fingerprint density at radius 1 is 0.952 bits per heavy atom. The quantitative estimate of drug-likeness (QED) is 0.878. The van der Waals surface area contributed by atoms with Crippen molar-refractivity contribution in [2.24, 2.45) is 0 Å². The van der Waals surface area contributed by atoms with Crippen LogP contribution in [0, 0.1) is 13.8 Å². The number of carbonyl (C=O) groups excluding carboxylic acids is 1. The summed E-state index contributed by atoms with van der Waals surface area (Å²) in [7, 11) is 0. The normalized spacial score (nSPS) is 12.0. The van der Waals surface area contributed by atoms with E-state index in [2.05, 4.69) is 43.4 Å². The molecule has 0 aliphatic heterocycles. The molecule has 2 aromatic carbocycles. The fraction of sp³-hybridized carbons (Fsp3) is 0.316. The third kappa shape index (κ3) is 4.45. The smallest absolute Gasteiger partial charge is 0.224 e. The molecule has 0 bridgehead atoms. The summed E-state index contributed by atoms with van der Waals surface area (Å²) >= 11 is 0. The van der Waals surface area contributed by atoms with Crippen molar-refractivity contribution in [3.8, 4) is 0 Å². The average Bonchev–Trinajstić information content (AvgIpc) is 2.48. The summed E-state index contributed by atoms with van der Waals surface area (Å²) in [5.74, 6) is 0.0753. The second-order valence-corrected chi connectivity index (χ2v) is 5.60. The highest BCUT2D eigenvalue weighted by molar-refractivity contribution is 5.79. The van der Waals surface area contributed by atoms with Gasteiger partial charge in [-0.2, -0.15) is 0 Å². The predicted octanol–water partition coefficient (Wildman–Crippen LogP) is 4.11. The van der Waals surface area contributed by atoms with Crippen LogP contribution in [-0.2, 0) is 11.2 Å². The molecule has 110 valence electrons. The number of hydrogen-bond acceptors (Lipinski definition) is 1. The number of aryl methyl sites for hydroxylation is 2. The van der Waals surface area contributed by atoms with Gasteiger partial charge < -0.3 is 5.32 Å². The van der Waals surface area contributed by atoms with E-state index in [0.717, 1.165) is 12.0 Å². The summed E-state index contributed by atoms with van der Waals surface area (Å²) in [4.78, 5) is 12.2. The maximum Gasteiger partial charge on any atom is 0.224 e. The van der Waals surface area contributed by atoms with Crippen LogP contribution in [0.1, 0.15) is 41.6 Å². The summed E-state index contributed by atoms with van der Waals surface area (Å²) in [6.07, 6.45) is 1.32. The zero-order chi connectivity index (χ0) is 15.2. The molecule has 0 aromatic heterocycles. The molecule has 0 fully saturated rings. The van der Waals surface area contributed by atoms with Crippen LogP contribution >= 0.6 is 0 Å². The van der Waals surface area contributed by atoms with Gasteiger partial charge in [0.05, 0.1) is 12.5 Å². The van der Waals surface area contributed by atoms with Gasteiger partial charge >= 0.3 is 0 Å². The molecule has 21 heavy (non-hydrogen) atoms. The third-order valence-corrected chi connectivity index (χ3v) is 3.71. The predicted molar refractivity (Wildman–Crippen MR) is 87.2 cm³/mol. The average molecular weight is 281 g/mol. The highest BCUT2D eigenvalue weighted by Crippen LogP contribution is 2.17. The van der Waals surface area contributed by atoms with Crippen molar-refractivity contribution in [2.75, 3.05) is 0 Å². The molecule has 2 rings (SSSR count). The van der Waals surface area contributed by atoms with Gasteiger partial charge in [0, 0.05) is 0 Å². The Balaban J connectivity index is 1.99. The molecule has 0 saturated heterocycles. The van der Waals surface area contributed by atoms with Crippen molar-refractivity contribution < 1.29 is 4.79 Å². The Bertz CT molecular complexity index is 584. The van der Waals surface area contributed by atoms with Gasteiger partial charge in [-0.05, 0) is 31.4 Å². The minimum absolute atomic E-state index is 0.0753. The van der Waals surface area contributed by atoms with Crippen molar-refractivity contribution in [1.82, 2.24) is 5.32 Å². The minimum Gasteiger partial charge on any atom is -0.349 e. The Labute approximate surface area is 127 Å². The molecule has 2 aromatic rings. The van der Waals surface area contributed by atoms with Crippen LogP contribution in [0.2, 0.25) is 0 Å². The van der Waals surface area contributed by atoms with Gasteiger partial charge in [0.1, 0.15) is 0 Å². The number of amides is 1. The molecule has 0 unspecified atom stereocenters. The van der Waals surface area contributed by atoms with Crippen molar-refractivity contribution in [3.05, 3.63) is 70.8 Å². The molecule has 1 atom stereocenters. The van der Waals surface area contributed by atoms with Crippen LogP contribution in [0.5, 0.6) is 0 Å². The Morgan fingerprint density at radius 3 is 2.00 bits per heavy atom. The molecular formula is C19H23NO. The van der Waals surface area contributed by atoms with Crippen molar-refractivity contribution in [2.45, 2.75) is 39.7 Å². The summed E-state index contributed by atoms with van der Waals surface area (Å²) < 4.78 is 0. The van der Waals surface area contributed by atoms with E-state index in [1.165, 1.54) is 16.7 Å². The zero-order valence-electron chi connectivity index (χ0n) is 13.0. The van der Waals surface area contributed by atoms with Gasteiger partial charge in [-0.1, -0.05) is 66.6 Å². The van der Waals surface area contributed by atoms with Crippen LogP contribution in [0.15, 0.2) is 48.5 Å². The Morgan fingerprint density at radius 2 is 1.48 bits per heavy atom. The molecule has 0 heterocycles. The highest BCUT2D eigenvalue weighted by atomic mass is 16.1. The molecule has 1 N–H and O–H groups in total. The maximum atomic E-state index is 12.2. The van der Waals surface area contributed by atoms with Gasteiger partial charge in [-0.15, -0.1) is 0 Å². The summed E-state index contributed by atoms with van der Waals surface area (Å²) in [5, 5.41) is 3.13. The topological polar surface area (TPSA) is 29.1 Å². The molecule has 0 aliphatic rings. The largest absolute Gasteiger partial charge is 0.349 e. The van der Waals surface area contributed by atoms with E-state index in [9.17, 15) is 4.79 Å². The van der Waals surface area contributed by atoms with Crippen molar-refractivity contribution >= 4 is 5.91 Å². The SMILES string of the molecule is CC[C@@H](NC(=O)Cc1ccc(C)cc1)c1ccc(C)cc1. The van der Waals surface area contributed by atoms with E-state index in [1.54, 1.807) is 0 Å². The Kier molecular flexibility index (Phi) is 5.15. The molecule has 2 nitrogen and oxygen atoms in total. The second-order valence-electron chi connectivity index (χ2n) is 5.60. The van der Waals surface area contributed by atoms with Crippen LogP contribution in [0.25, 0.3) is 0 Å². The lowest BCUT2D eigenvalue weighted by molar-refractivity contribution is -0.121. The standard InChI is InChI=1S/C19H23NO/c1-4-18(17-11-7-15(3)8-12-17)20-19(21)13-16-9-5-14(2)6-10-16/h5-12,18H,4,13H2,1-3H3,(H,20,21)/t18-/m1/s1. The van der Waals surface area contributed by atoms with Crippen molar-refractivity contribution in [3.63, 3.8) is 0 Å². The number of hydrogen-bond donors (Lipinski definition) is 1. The Hall–Kier alpha value is -2.09.